The summed E-state index contributed by atoms with van der Waals surface area (Å²) < 4.78 is 29.3. The zero-order valence-corrected chi connectivity index (χ0v) is 13.2. The van der Waals surface area contributed by atoms with Crippen molar-refractivity contribution in [1.29, 1.82) is 0 Å². The van der Waals surface area contributed by atoms with E-state index in [-0.39, 0.29) is 0 Å². The van der Waals surface area contributed by atoms with Crippen molar-refractivity contribution in [3.05, 3.63) is 35.5 Å². The summed E-state index contributed by atoms with van der Waals surface area (Å²) in [5, 5.41) is 1.19. The molecule has 0 aliphatic heterocycles. The second kappa shape index (κ2) is 5.55. The van der Waals surface area contributed by atoms with Crippen LogP contribution >= 0.6 is 0 Å². The van der Waals surface area contributed by atoms with Crippen LogP contribution in [-0.4, -0.2) is 37.9 Å². The Morgan fingerprint density at radius 3 is 2.55 bits per heavy atom. The lowest BCUT2D eigenvalue weighted by Crippen LogP contribution is -2.36. The monoisotopic (exact) mass is 295 g/mol. The second-order valence-electron chi connectivity index (χ2n) is 5.07. The first-order valence-electron chi connectivity index (χ1n) is 6.54. The molecule has 0 unspecified atom stereocenters. The van der Waals surface area contributed by atoms with Crippen molar-refractivity contribution in [1.82, 2.24) is 13.6 Å². The SMILES string of the molecule is Cc1c(CCNS(=O)(=O)N(C)C)c2ccccc2n1C. The molecular weight excluding hydrogens is 274 g/mol. The molecule has 0 fully saturated rings. The zero-order valence-electron chi connectivity index (χ0n) is 12.3. The van der Waals surface area contributed by atoms with Crippen LogP contribution in [0.1, 0.15) is 11.3 Å². The maximum Gasteiger partial charge on any atom is 0.278 e. The van der Waals surface area contributed by atoms with E-state index in [1.165, 1.54) is 40.6 Å². The first-order valence-corrected chi connectivity index (χ1v) is 7.98. The lowest BCUT2D eigenvalue weighted by molar-refractivity contribution is 0.506. The molecule has 0 amide bonds. The van der Waals surface area contributed by atoms with Gasteiger partial charge in [0.2, 0.25) is 0 Å². The van der Waals surface area contributed by atoms with Gasteiger partial charge in [-0.05, 0) is 25.0 Å². The van der Waals surface area contributed by atoms with Gasteiger partial charge in [0.05, 0.1) is 0 Å². The van der Waals surface area contributed by atoms with Crippen molar-refractivity contribution in [3.8, 4) is 0 Å². The molecule has 110 valence electrons. The van der Waals surface area contributed by atoms with E-state index in [4.69, 9.17) is 0 Å². The molecule has 20 heavy (non-hydrogen) atoms. The normalized spacial score (nSPS) is 12.4. The van der Waals surface area contributed by atoms with Crippen molar-refractivity contribution < 1.29 is 8.42 Å². The first kappa shape index (κ1) is 15.0. The van der Waals surface area contributed by atoms with Gasteiger partial charge in [-0.25, -0.2) is 4.72 Å². The van der Waals surface area contributed by atoms with Crippen LogP contribution in [0.2, 0.25) is 0 Å². The predicted octanol–water partition coefficient (Wildman–Crippen LogP) is 1.43. The lowest BCUT2D eigenvalue weighted by Gasteiger charge is -2.12. The van der Waals surface area contributed by atoms with Gasteiger partial charge >= 0.3 is 0 Å². The molecule has 0 bridgehead atoms. The molecule has 0 saturated carbocycles. The van der Waals surface area contributed by atoms with Crippen molar-refractivity contribution in [2.75, 3.05) is 20.6 Å². The number of para-hydroxylation sites is 1. The summed E-state index contributed by atoms with van der Waals surface area (Å²) in [6.07, 6.45) is 0.681. The van der Waals surface area contributed by atoms with Crippen molar-refractivity contribution in [3.63, 3.8) is 0 Å². The Morgan fingerprint density at radius 2 is 1.90 bits per heavy atom. The highest BCUT2D eigenvalue weighted by atomic mass is 32.2. The fraction of sp³-hybridized carbons (Fsp3) is 0.429. The molecule has 0 atom stereocenters. The van der Waals surface area contributed by atoms with Crippen LogP contribution in [-0.2, 0) is 23.7 Å². The van der Waals surface area contributed by atoms with Crippen LogP contribution in [0.25, 0.3) is 10.9 Å². The Morgan fingerprint density at radius 1 is 1.25 bits per heavy atom. The summed E-state index contributed by atoms with van der Waals surface area (Å²) in [5.41, 5.74) is 3.55. The number of nitrogens with one attached hydrogen (secondary N) is 1. The smallest absolute Gasteiger partial charge is 0.278 e. The molecule has 0 saturated heterocycles. The summed E-state index contributed by atoms with van der Waals surface area (Å²) in [4.78, 5) is 0. The molecule has 0 radical (unpaired) electrons. The number of fused-ring (bicyclic) bond motifs is 1. The number of benzene rings is 1. The average molecular weight is 295 g/mol. The van der Waals surface area contributed by atoms with Gasteiger partial charge in [-0.2, -0.15) is 12.7 Å². The maximum absolute atomic E-state index is 11.7. The van der Waals surface area contributed by atoms with E-state index in [9.17, 15) is 8.42 Å². The highest BCUT2D eigenvalue weighted by Gasteiger charge is 2.14. The second-order valence-corrected chi connectivity index (χ2v) is 7.04. The van der Waals surface area contributed by atoms with Gasteiger partial charge < -0.3 is 4.57 Å². The summed E-state index contributed by atoms with van der Waals surface area (Å²) in [6.45, 7) is 2.46. The minimum absolute atomic E-state index is 0.398. The molecule has 1 aromatic heterocycles. The topological polar surface area (TPSA) is 54.3 Å². The summed E-state index contributed by atoms with van der Waals surface area (Å²) in [5.74, 6) is 0. The number of hydrogen-bond donors (Lipinski definition) is 1. The minimum Gasteiger partial charge on any atom is -0.348 e. The first-order chi connectivity index (χ1) is 9.34. The fourth-order valence-corrected chi connectivity index (χ4v) is 2.97. The van der Waals surface area contributed by atoms with E-state index in [0.29, 0.717) is 13.0 Å². The van der Waals surface area contributed by atoms with Crippen molar-refractivity contribution >= 4 is 21.1 Å². The van der Waals surface area contributed by atoms with Crippen LogP contribution in [0.3, 0.4) is 0 Å². The summed E-state index contributed by atoms with van der Waals surface area (Å²) in [7, 11) is 1.72. The van der Waals surface area contributed by atoms with E-state index in [0.717, 1.165) is 0 Å². The van der Waals surface area contributed by atoms with Gasteiger partial charge in [0.25, 0.3) is 10.2 Å². The van der Waals surface area contributed by atoms with Gasteiger partial charge in [0.15, 0.2) is 0 Å². The molecule has 0 spiro atoms. The number of nitrogens with zero attached hydrogens (tertiary/aromatic N) is 2. The number of hydrogen-bond acceptors (Lipinski definition) is 2. The quantitative estimate of drug-likeness (QED) is 0.907. The Kier molecular flexibility index (Phi) is 4.17. The number of rotatable bonds is 5. The van der Waals surface area contributed by atoms with E-state index in [1.54, 1.807) is 0 Å². The highest BCUT2D eigenvalue weighted by Crippen LogP contribution is 2.24. The Balaban J connectivity index is 2.21. The van der Waals surface area contributed by atoms with Gasteiger partial charge in [-0.3, -0.25) is 0 Å². The Hall–Kier alpha value is -1.37. The van der Waals surface area contributed by atoms with E-state index >= 15 is 0 Å². The van der Waals surface area contributed by atoms with Crippen LogP contribution in [0.15, 0.2) is 24.3 Å². The Bertz CT molecular complexity index is 717. The van der Waals surface area contributed by atoms with Crippen LogP contribution < -0.4 is 4.72 Å². The standard InChI is InChI=1S/C14H21N3O2S/c1-11-12(9-10-15-20(18,19)16(2)3)13-7-5-6-8-14(13)17(11)4/h5-8,15H,9-10H2,1-4H3. The molecule has 6 heteroatoms. The van der Waals surface area contributed by atoms with Gasteiger partial charge in [-0.1, -0.05) is 18.2 Å². The molecular formula is C14H21N3O2S. The molecule has 0 aliphatic rings. The average Bonchev–Trinajstić information content (AvgIpc) is 2.64. The molecule has 1 heterocycles. The maximum atomic E-state index is 11.7. The zero-order chi connectivity index (χ0) is 14.9. The fourth-order valence-electron chi connectivity index (χ4n) is 2.35. The van der Waals surface area contributed by atoms with Gasteiger partial charge in [0, 0.05) is 44.3 Å². The third-order valence-corrected chi connectivity index (χ3v) is 5.20. The number of aromatic nitrogens is 1. The van der Waals surface area contributed by atoms with E-state index in [2.05, 4.69) is 28.3 Å². The van der Waals surface area contributed by atoms with Crippen LogP contribution in [0, 0.1) is 6.92 Å². The lowest BCUT2D eigenvalue weighted by atomic mass is 10.1. The third-order valence-electron chi connectivity index (χ3n) is 3.67. The summed E-state index contributed by atoms with van der Waals surface area (Å²) in [6, 6.07) is 8.18. The molecule has 1 aromatic carbocycles. The predicted molar refractivity (Wildman–Crippen MR) is 82.0 cm³/mol. The highest BCUT2D eigenvalue weighted by molar-refractivity contribution is 7.87. The van der Waals surface area contributed by atoms with Gasteiger partial charge in [-0.15, -0.1) is 0 Å². The molecule has 5 nitrogen and oxygen atoms in total. The third kappa shape index (κ3) is 2.72. The van der Waals surface area contributed by atoms with E-state index < -0.39 is 10.2 Å². The van der Waals surface area contributed by atoms with Gasteiger partial charge in [0.1, 0.15) is 0 Å². The number of aryl methyl sites for hydroxylation is 1. The largest absolute Gasteiger partial charge is 0.348 e. The summed E-state index contributed by atoms with van der Waals surface area (Å²) >= 11 is 0. The van der Waals surface area contributed by atoms with Crippen molar-refractivity contribution in [2.24, 2.45) is 7.05 Å². The van der Waals surface area contributed by atoms with E-state index in [1.807, 2.05) is 19.2 Å². The van der Waals surface area contributed by atoms with Crippen LogP contribution in [0.5, 0.6) is 0 Å². The minimum atomic E-state index is -3.35. The van der Waals surface area contributed by atoms with Crippen molar-refractivity contribution in [2.45, 2.75) is 13.3 Å². The molecule has 0 aliphatic carbocycles. The molecule has 2 rings (SSSR count). The molecule has 2 aromatic rings. The molecule has 1 N–H and O–H groups in total. The Labute approximate surface area is 120 Å². The van der Waals surface area contributed by atoms with Crippen LogP contribution in [0.4, 0.5) is 0 Å².